The monoisotopic (exact) mass is 368 g/mol. The summed E-state index contributed by atoms with van der Waals surface area (Å²) in [5.41, 5.74) is -0.213. The number of carbonyl (C=O) groups excluding carboxylic acids is 1. The van der Waals surface area contributed by atoms with Crippen molar-refractivity contribution < 1.29 is 14.6 Å². The zero-order chi connectivity index (χ0) is 20.0. The number of ether oxygens (including phenoxy) is 1. The Labute approximate surface area is 158 Å². The molecular weight excluding hydrogens is 344 g/mol. The van der Waals surface area contributed by atoms with E-state index in [0.717, 1.165) is 17.4 Å². The molecule has 1 aromatic heterocycles. The third kappa shape index (κ3) is 4.20. The van der Waals surface area contributed by atoms with Crippen LogP contribution in [0.3, 0.4) is 0 Å². The Kier molecular flexibility index (Phi) is 6.78. The van der Waals surface area contributed by atoms with E-state index in [0.29, 0.717) is 24.3 Å². The second-order valence-corrected chi connectivity index (χ2v) is 6.33. The van der Waals surface area contributed by atoms with Crippen molar-refractivity contribution in [3.8, 4) is 17.7 Å². The molecule has 2 rings (SSSR count). The van der Waals surface area contributed by atoms with Gasteiger partial charge in [-0.05, 0) is 37.5 Å². The van der Waals surface area contributed by atoms with E-state index < -0.39 is 17.2 Å². The molecule has 1 N–H and O–H groups in total. The molecule has 1 aromatic carbocycles. The third-order valence-electron chi connectivity index (χ3n) is 4.34. The van der Waals surface area contributed by atoms with Crippen LogP contribution in [0.15, 0.2) is 29.1 Å². The smallest absolute Gasteiger partial charge is 0.271 e. The molecule has 0 unspecified atom stereocenters. The van der Waals surface area contributed by atoms with Gasteiger partial charge in [0.2, 0.25) is 5.88 Å². The fraction of sp³-hybridized carbons (Fsp3) is 0.381. The molecule has 0 bridgehead atoms. The van der Waals surface area contributed by atoms with Crippen LogP contribution < -0.4 is 10.3 Å². The first-order chi connectivity index (χ1) is 13.0. The number of nitrogens with zero attached hydrogens (tertiary/aromatic N) is 2. The van der Waals surface area contributed by atoms with Crippen LogP contribution in [-0.4, -0.2) is 22.1 Å². The summed E-state index contributed by atoms with van der Waals surface area (Å²) in [6.07, 6.45) is 2.49. The van der Waals surface area contributed by atoms with Crippen molar-refractivity contribution in [2.45, 2.75) is 46.6 Å². The van der Waals surface area contributed by atoms with Gasteiger partial charge in [0.1, 0.15) is 17.4 Å². The Morgan fingerprint density at radius 3 is 2.67 bits per heavy atom. The maximum atomic E-state index is 13.1. The van der Waals surface area contributed by atoms with Gasteiger partial charge >= 0.3 is 0 Å². The van der Waals surface area contributed by atoms with Crippen molar-refractivity contribution in [3.63, 3.8) is 0 Å². The van der Waals surface area contributed by atoms with Crippen molar-refractivity contribution in [1.82, 2.24) is 4.57 Å². The van der Waals surface area contributed by atoms with E-state index in [1.54, 1.807) is 24.3 Å². The van der Waals surface area contributed by atoms with Crippen molar-refractivity contribution in [3.05, 3.63) is 56.9 Å². The summed E-state index contributed by atoms with van der Waals surface area (Å²) in [5.74, 6) is -0.290. The van der Waals surface area contributed by atoms with Crippen LogP contribution in [0.1, 0.15) is 60.2 Å². The Morgan fingerprint density at radius 2 is 2.04 bits per heavy atom. The summed E-state index contributed by atoms with van der Waals surface area (Å²) in [7, 11) is 0. The van der Waals surface area contributed by atoms with Crippen molar-refractivity contribution in [1.29, 1.82) is 5.26 Å². The van der Waals surface area contributed by atoms with Crippen LogP contribution in [-0.2, 0) is 6.54 Å². The maximum absolute atomic E-state index is 13.1. The number of pyridine rings is 1. The third-order valence-corrected chi connectivity index (χ3v) is 4.34. The normalized spacial score (nSPS) is 10.4. The largest absolute Gasteiger partial charge is 0.494 e. The van der Waals surface area contributed by atoms with Crippen LogP contribution >= 0.6 is 0 Å². The van der Waals surface area contributed by atoms with E-state index in [1.165, 1.54) is 6.92 Å². The van der Waals surface area contributed by atoms with Gasteiger partial charge < -0.3 is 9.84 Å². The molecule has 0 atom stereocenters. The van der Waals surface area contributed by atoms with Gasteiger partial charge in [-0.15, -0.1) is 0 Å². The van der Waals surface area contributed by atoms with Gasteiger partial charge in [-0.25, -0.2) is 0 Å². The quantitative estimate of drug-likeness (QED) is 0.568. The Morgan fingerprint density at radius 1 is 1.30 bits per heavy atom. The number of aromatic hydroxyl groups is 1. The molecule has 0 aliphatic heterocycles. The lowest BCUT2D eigenvalue weighted by Gasteiger charge is -2.15. The van der Waals surface area contributed by atoms with Crippen LogP contribution in [0, 0.1) is 18.3 Å². The molecule has 0 saturated carbocycles. The number of aromatic nitrogens is 1. The van der Waals surface area contributed by atoms with Gasteiger partial charge in [0.15, 0.2) is 5.78 Å². The number of hydrogen-bond donors (Lipinski definition) is 1. The molecule has 0 radical (unpaired) electrons. The highest BCUT2D eigenvalue weighted by Gasteiger charge is 2.24. The lowest BCUT2D eigenvalue weighted by atomic mass is 9.97. The molecule has 0 spiro atoms. The van der Waals surface area contributed by atoms with Gasteiger partial charge in [0, 0.05) is 12.1 Å². The summed E-state index contributed by atoms with van der Waals surface area (Å²) in [4.78, 5) is 25.5. The standard InChI is InChI=1S/C21H24N2O4/c1-4-6-11-27-16-9-7-8-15(12-16)19(24)18-14(3)17(13-22)20(25)23(10-5-2)21(18)26/h7-9,12,26H,4-6,10-11H2,1-3H3. The van der Waals surface area contributed by atoms with E-state index in [2.05, 4.69) is 6.92 Å². The van der Waals surface area contributed by atoms with Crippen LogP contribution in [0.25, 0.3) is 0 Å². The van der Waals surface area contributed by atoms with Gasteiger partial charge in [0.05, 0.1) is 12.2 Å². The first kappa shape index (κ1) is 20.2. The molecule has 0 saturated heterocycles. The fourth-order valence-electron chi connectivity index (χ4n) is 2.86. The minimum atomic E-state index is -0.581. The summed E-state index contributed by atoms with van der Waals surface area (Å²) in [5, 5.41) is 19.9. The van der Waals surface area contributed by atoms with Gasteiger partial charge in [-0.2, -0.15) is 5.26 Å². The molecule has 0 amide bonds. The number of carbonyl (C=O) groups is 1. The molecular formula is C21H24N2O4. The van der Waals surface area contributed by atoms with Gasteiger partial charge in [0.25, 0.3) is 5.56 Å². The van der Waals surface area contributed by atoms with E-state index in [1.807, 2.05) is 13.0 Å². The summed E-state index contributed by atoms with van der Waals surface area (Å²) >= 11 is 0. The van der Waals surface area contributed by atoms with E-state index in [9.17, 15) is 20.0 Å². The Hall–Kier alpha value is -3.07. The van der Waals surface area contributed by atoms with Crippen molar-refractivity contribution >= 4 is 5.78 Å². The average molecular weight is 368 g/mol. The van der Waals surface area contributed by atoms with Crippen LogP contribution in [0.2, 0.25) is 0 Å². The highest BCUT2D eigenvalue weighted by Crippen LogP contribution is 2.26. The molecule has 0 aliphatic rings. The first-order valence-corrected chi connectivity index (χ1v) is 9.10. The number of nitriles is 1. The Balaban J connectivity index is 2.53. The van der Waals surface area contributed by atoms with Gasteiger partial charge in [-0.3, -0.25) is 14.2 Å². The van der Waals surface area contributed by atoms with Crippen LogP contribution in [0.5, 0.6) is 11.6 Å². The minimum Gasteiger partial charge on any atom is -0.494 e. The summed E-state index contributed by atoms with van der Waals surface area (Å²) in [6, 6.07) is 8.55. The Bertz CT molecular complexity index is 938. The first-order valence-electron chi connectivity index (χ1n) is 9.10. The predicted molar refractivity (Wildman–Crippen MR) is 102 cm³/mol. The molecule has 0 fully saturated rings. The lowest BCUT2D eigenvalue weighted by molar-refractivity contribution is 0.103. The summed E-state index contributed by atoms with van der Waals surface area (Å²) in [6.45, 7) is 6.19. The SMILES string of the molecule is CCCCOc1cccc(C(=O)c2c(C)c(C#N)c(=O)n(CCC)c2O)c1. The molecule has 27 heavy (non-hydrogen) atoms. The topological polar surface area (TPSA) is 92.3 Å². The number of ketones is 1. The number of hydrogen-bond acceptors (Lipinski definition) is 5. The fourth-order valence-corrected chi connectivity index (χ4v) is 2.86. The second kappa shape index (κ2) is 9.04. The minimum absolute atomic E-state index is 0.0229. The highest BCUT2D eigenvalue weighted by molar-refractivity contribution is 6.11. The molecule has 142 valence electrons. The predicted octanol–water partition coefficient (Wildman–Crippen LogP) is 3.55. The van der Waals surface area contributed by atoms with Gasteiger partial charge in [-0.1, -0.05) is 32.4 Å². The zero-order valence-corrected chi connectivity index (χ0v) is 15.9. The zero-order valence-electron chi connectivity index (χ0n) is 15.9. The van der Waals surface area contributed by atoms with Crippen LogP contribution in [0.4, 0.5) is 0 Å². The van der Waals surface area contributed by atoms with Crippen molar-refractivity contribution in [2.75, 3.05) is 6.61 Å². The summed E-state index contributed by atoms with van der Waals surface area (Å²) < 4.78 is 6.72. The number of unbranched alkanes of at least 4 members (excludes halogenated alkanes) is 1. The molecule has 1 heterocycles. The average Bonchev–Trinajstić information content (AvgIpc) is 2.66. The highest BCUT2D eigenvalue weighted by atomic mass is 16.5. The van der Waals surface area contributed by atoms with E-state index in [4.69, 9.17) is 4.74 Å². The second-order valence-electron chi connectivity index (χ2n) is 6.33. The lowest BCUT2D eigenvalue weighted by Crippen LogP contribution is -2.26. The molecule has 6 nitrogen and oxygen atoms in total. The van der Waals surface area contributed by atoms with E-state index >= 15 is 0 Å². The van der Waals surface area contributed by atoms with E-state index in [-0.39, 0.29) is 23.2 Å². The molecule has 0 aliphatic carbocycles. The van der Waals surface area contributed by atoms with Crippen molar-refractivity contribution in [2.24, 2.45) is 0 Å². The maximum Gasteiger partial charge on any atom is 0.271 e. The number of rotatable bonds is 8. The molecule has 6 heteroatoms. The number of benzene rings is 1. The molecule has 2 aromatic rings.